The van der Waals surface area contributed by atoms with E-state index in [0.29, 0.717) is 46.5 Å². The number of H-pyrrole nitrogens is 1. The number of hydrogen-bond donors (Lipinski definition) is 2. The van der Waals surface area contributed by atoms with Gasteiger partial charge in [-0.3, -0.25) is 14.5 Å². The summed E-state index contributed by atoms with van der Waals surface area (Å²) < 4.78 is 26.9. The van der Waals surface area contributed by atoms with Crippen LogP contribution in [0, 0.1) is 0 Å². The summed E-state index contributed by atoms with van der Waals surface area (Å²) in [5.74, 6) is -0.0589. The Morgan fingerprint density at radius 3 is 2.56 bits per heavy atom. The molecule has 214 valence electrons. The van der Waals surface area contributed by atoms with Crippen molar-refractivity contribution in [2.24, 2.45) is 0 Å². The number of amides is 1. The van der Waals surface area contributed by atoms with Gasteiger partial charge in [-0.05, 0) is 54.4 Å². The Labute approximate surface area is 247 Å². The van der Waals surface area contributed by atoms with Gasteiger partial charge >= 0.3 is 0 Å². The lowest BCUT2D eigenvalue weighted by Gasteiger charge is -2.15. The summed E-state index contributed by atoms with van der Waals surface area (Å²) in [5, 5.41) is 18.7. The molecule has 0 aliphatic carbocycles. The van der Waals surface area contributed by atoms with E-state index in [0.717, 1.165) is 22.4 Å². The minimum atomic E-state index is -3.15. The Bertz CT molecular complexity index is 2060. The van der Waals surface area contributed by atoms with E-state index in [1.165, 1.54) is 0 Å². The molecule has 10 nitrogen and oxygen atoms in total. The minimum absolute atomic E-state index is 0.0470. The summed E-state index contributed by atoms with van der Waals surface area (Å²) >= 11 is 0. The van der Waals surface area contributed by atoms with Crippen LogP contribution in [0.4, 0.5) is 5.69 Å². The van der Waals surface area contributed by atoms with Crippen LogP contribution in [0.3, 0.4) is 0 Å². The van der Waals surface area contributed by atoms with Crippen molar-refractivity contribution in [3.63, 3.8) is 0 Å². The van der Waals surface area contributed by atoms with Gasteiger partial charge in [-0.25, -0.2) is 8.42 Å². The lowest BCUT2D eigenvalue weighted by atomic mass is 9.96. The first-order chi connectivity index (χ1) is 20.9. The zero-order valence-corrected chi connectivity index (χ0v) is 23.8. The first-order valence-electron chi connectivity index (χ1n) is 13.9. The lowest BCUT2D eigenvalue weighted by Crippen LogP contribution is -2.14. The number of pyridine rings is 1. The summed E-state index contributed by atoms with van der Waals surface area (Å²) in [5.41, 5.74) is 7.53. The molecule has 1 saturated heterocycles. The minimum Gasteiger partial charge on any atom is -0.322 e. The molecule has 1 atom stereocenters. The van der Waals surface area contributed by atoms with Crippen LogP contribution in [0.5, 0.6) is 0 Å². The van der Waals surface area contributed by atoms with Crippen LogP contribution < -0.4 is 5.32 Å². The number of benzene rings is 3. The molecule has 11 heteroatoms. The molecule has 3 aromatic carbocycles. The number of aromatic amines is 1. The fourth-order valence-electron chi connectivity index (χ4n) is 5.63. The van der Waals surface area contributed by atoms with Gasteiger partial charge in [0.2, 0.25) is 0 Å². The molecule has 0 spiro atoms. The second kappa shape index (κ2) is 10.9. The molecule has 2 N–H and O–H groups in total. The normalized spacial score (nSPS) is 16.0. The lowest BCUT2D eigenvalue weighted by molar-refractivity contribution is 0.102. The predicted octanol–water partition coefficient (Wildman–Crippen LogP) is 5.09. The van der Waals surface area contributed by atoms with Gasteiger partial charge in [0.25, 0.3) is 5.91 Å². The number of carbonyl (C=O) groups excluding carboxylic acids is 1. The molecule has 1 unspecified atom stereocenters. The van der Waals surface area contributed by atoms with Crippen LogP contribution in [0.15, 0.2) is 97.2 Å². The van der Waals surface area contributed by atoms with Gasteiger partial charge in [0.1, 0.15) is 16.7 Å². The van der Waals surface area contributed by atoms with Crippen molar-refractivity contribution in [3.05, 3.63) is 114 Å². The quantitative estimate of drug-likeness (QED) is 0.265. The standard InChI is InChI=1S/C32H27N7O3S/c40-32(34-24-12-13-27-29(19-24)36-38-35-27)23-10-6-7-21(17-23)18-26-30(28-11-4-5-15-33-28)37-39(25-14-16-43(41,42)20-25)31(26)22-8-2-1-3-9-22/h1-13,15,17,19,25H,14,16,18,20H2,(H,34,40)(H,35,36,38). The number of sulfone groups is 1. The number of hydrogen-bond acceptors (Lipinski definition) is 7. The fraction of sp³-hybridized carbons (Fsp3) is 0.156. The van der Waals surface area contributed by atoms with Gasteiger partial charge in [-0.1, -0.05) is 48.5 Å². The highest BCUT2D eigenvalue weighted by molar-refractivity contribution is 7.91. The Morgan fingerprint density at radius 1 is 0.930 bits per heavy atom. The van der Waals surface area contributed by atoms with Crippen LogP contribution in [0.2, 0.25) is 0 Å². The summed E-state index contributed by atoms with van der Waals surface area (Å²) in [6.45, 7) is 0. The average molecular weight is 590 g/mol. The smallest absolute Gasteiger partial charge is 0.255 e. The monoisotopic (exact) mass is 589 g/mol. The van der Waals surface area contributed by atoms with Crippen molar-refractivity contribution in [2.45, 2.75) is 18.9 Å². The second-order valence-electron chi connectivity index (χ2n) is 10.6. The number of anilines is 1. The van der Waals surface area contributed by atoms with Gasteiger partial charge < -0.3 is 5.32 Å². The number of carbonyl (C=O) groups is 1. The van der Waals surface area contributed by atoms with Crippen molar-refractivity contribution in [1.29, 1.82) is 0 Å². The Morgan fingerprint density at radius 2 is 1.77 bits per heavy atom. The molecule has 1 amide bonds. The van der Waals surface area contributed by atoms with Crippen molar-refractivity contribution >= 4 is 32.5 Å². The zero-order valence-electron chi connectivity index (χ0n) is 23.0. The molecule has 1 aliphatic heterocycles. The van der Waals surface area contributed by atoms with Gasteiger partial charge in [-0.15, -0.1) is 0 Å². The number of nitrogens with one attached hydrogen (secondary N) is 2. The third-order valence-electron chi connectivity index (χ3n) is 7.66. The highest BCUT2D eigenvalue weighted by Gasteiger charge is 2.33. The van der Waals surface area contributed by atoms with Gasteiger partial charge in [0.05, 0.1) is 28.9 Å². The molecule has 0 bridgehead atoms. The predicted molar refractivity (Wildman–Crippen MR) is 164 cm³/mol. The fourth-order valence-corrected chi connectivity index (χ4v) is 7.32. The zero-order chi connectivity index (χ0) is 29.4. The van der Waals surface area contributed by atoms with E-state index in [1.807, 2.05) is 71.4 Å². The Balaban J connectivity index is 1.29. The number of aromatic nitrogens is 6. The topological polar surface area (TPSA) is 136 Å². The SMILES string of the molecule is O=C(Nc1ccc2n[nH]nc2c1)c1cccc(Cc2c(-c3ccccn3)nn(C3CCS(=O)(=O)C3)c2-c2ccccc2)c1. The van der Waals surface area contributed by atoms with Gasteiger partial charge in [-0.2, -0.15) is 20.5 Å². The van der Waals surface area contributed by atoms with Crippen molar-refractivity contribution in [1.82, 2.24) is 30.2 Å². The molecular formula is C32H27N7O3S. The van der Waals surface area contributed by atoms with Crippen molar-refractivity contribution in [2.75, 3.05) is 16.8 Å². The highest BCUT2D eigenvalue weighted by atomic mass is 32.2. The summed E-state index contributed by atoms with van der Waals surface area (Å²) in [7, 11) is -3.15. The van der Waals surface area contributed by atoms with E-state index in [2.05, 4.69) is 25.7 Å². The third-order valence-corrected chi connectivity index (χ3v) is 9.41. The molecule has 43 heavy (non-hydrogen) atoms. The maximum absolute atomic E-state index is 13.3. The third kappa shape index (κ3) is 5.42. The van der Waals surface area contributed by atoms with Crippen LogP contribution in [0.25, 0.3) is 33.7 Å². The van der Waals surface area contributed by atoms with E-state index in [1.54, 1.807) is 30.5 Å². The largest absolute Gasteiger partial charge is 0.322 e. The Kier molecular flexibility index (Phi) is 6.78. The van der Waals surface area contributed by atoms with E-state index in [9.17, 15) is 13.2 Å². The molecule has 0 radical (unpaired) electrons. The highest BCUT2D eigenvalue weighted by Crippen LogP contribution is 2.37. The van der Waals surface area contributed by atoms with Crippen molar-refractivity contribution < 1.29 is 13.2 Å². The number of rotatable bonds is 7. The molecule has 1 aliphatic rings. The maximum atomic E-state index is 13.3. The average Bonchev–Trinajstić information content (AvgIpc) is 3.74. The number of fused-ring (bicyclic) bond motifs is 1. The summed E-state index contributed by atoms with van der Waals surface area (Å²) in [6, 6.07) is 28.1. The molecule has 0 saturated carbocycles. The van der Waals surface area contributed by atoms with Gasteiger partial charge in [0, 0.05) is 35.0 Å². The molecule has 1 fully saturated rings. The maximum Gasteiger partial charge on any atom is 0.255 e. The molecular weight excluding hydrogens is 562 g/mol. The second-order valence-corrected chi connectivity index (χ2v) is 12.8. The van der Waals surface area contributed by atoms with E-state index in [4.69, 9.17) is 5.10 Å². The number of nitrogens with zero attached hydrogens (tertiary/aromatic N) is 5. The van der Waals surface area contributed by atoms with E-state index < -0.39 is 9.84 Å². The van der Waals surface area contributed by atoms with E-state index >= 15 is 0 Å². The molecule has 7 rings (SSSR count). The summed E-state index contributed by atoms with van der Waals surface area (Å²) in [4.78, 5) is 17.9. The van der Waals surface area contributed by atoms with Gasteiger partial charge in [0.15, 0.2) is 9.84 Å². The molecule has 3 aromatic heterocycles. The van der Waals surface area contributed by atoms with E-state index in [-0.39, 0.29) is 23.5 Å². The first-order valence-corrected chi connectivity index (χ1v) is 15.8. The van der Waals surface area contributed by atoms with Crippen molar-refractivity contribution in [3.8, 4) is 22.6 Å². The van der Waals surface area contributed by atoms with Crippen LogP contribution in [-0.2, 0) is 16.3 Å². The first kappa shape index (κ1) is 26.7. The van der Waals surface area contributed by atoms with Crippen LogP contribution >= 0.6 is 0 Å². The molecule has 6 aromatic rings. The van der Waals surface area contributed by atoms with Crippen LogP contribution in [0.1, 0.15) is 33.9 Å². The van der Waals surface area contributed by atoms with Crippen LogP contribution in [-0.4, -0.2) is 56.0 Å². The summed E-state index contributed by atoms with van der Waals surface area (Å²) in [6.07, 6.45) is 2.68. The molecule has 4 heterocycles. The Hall–Kier alpha value is -5.16.